The summed E-state index contributed by atoms with van der Waals surface area (Å²) in [6.07, 6.45) is 4.73. The Kier molecular flexibility index (Phi) is 5.15. The molecule has 30 heavy (non-hydrogen) atoms. The fraction of sp³-hybridized carbons (Fsp3) is 0.565. The quantitative estimate of drug-likeness (QED) is 0.840. The van der Waals surface area contributed by atoms with Gasteiger partial charge in [0.15, 0.2) is 0 Å². The Bertz CT molecular complexity index is 1010. The number of nitrogens with one attached hydrogen (secondary N) is 1. The van der Waals surface area contributed by atoms with Gasteiger partial charge in [0.1, 0.15) is 5.82 Å². The van der Waals surface area contributed by atoms with Crippen LogP contribution < -0.4 is 5.56 Å². The molecular weight excluding hydrogens is 378 g/mol. The van der Waals surface area contributed by atoms with E-state index in [2.05, 4.69) is 20.9 Å². The summed E-state index contributed by atoms with van der Waals surface area (Å²) in [4.78, 5) is 42.2. The third kappa shape index (κ3) is 3.78. The lowest BCUT2D eigenvalue weighted by atomic mass is 9.84. The number of aryl methyl sites for hydroxylation is 1. The van der Waals surface area contributed by atoms with Crippen molar-refractivity contribution in [1.29, 1.82) is 0 Å². The standard InChI is InChI=1S/C23H29N5O2/c1-15-4-2-7-18(24-15)13-27-10-8-17(12-27)21-25-20-14-28(23(30)16-5-3-6-16)11-9-19(20)22(29)26-21/h2,4,7,16-17H,3,5-6,8-14H2,1H3,(H,25,26,29). The molecular formula is C23H29N5O2. The molecule has 5 rings (SSSR count). The van der Waals surface area contributed by atoms with Crippen LogP contribution in [0, 0.1) is 12.8 Å². The number of hydrogen-bond acceptors (Lipinski definition) is 5. The van der Waals surface area contributed by atoms with Gasteiger partial charge in [-0.15, -0.1) is 0 Å². The summed E-state index contributed by atoms with van der Waals surface area (Å²) in [5.41, 5.74) is 3.64. The van der Waals surface area contributed by atoms with Crippen LogP contribution in [-0.2, 0) is 24.3 Å². The largest absolute Gasteiger partial charge is 0.336 e. The second kappa shape index (κ2) is 7.95. The maximum absolute atomic E-state index is 12.7. The number of nitrogens with zero attached hydrogens (tertiary/aromatic N) is 4. The van der Waals surface area contributed by atoms with Crippen LogP contribution in [0.4, 0.5) is 0 Å². The molecule has 1 aliphatic carbocycles. The normalized spacial score (nSPS) is 22.0. The van der Waals surface area contributed by atoms with Gasteiger partial charge < -0.3 is 9.88 Å². The number of hydrogen-bond donors (Lipinski definition) is 1. The minimum atomic E-state index is -0.0236. The SMILES string of the molecule is Cc1cccc(CN2CCC(c3nc4c(c(=O)[nH]3)CCN(C(=O)C3CCC3)C4)C2)n1. The molecule has 0 spiro atoms. The molecule has 0 bridgehead atoms. The van der Waals surface area contributed by atoms with Crippen LogP contribution in [0.5, 0.6) is 0 Å². The maximum Gasteiger partial charge on any atom is 0.254 e. The van der Waals surface area contributed by atoms with Crippen molar-refractivity contribution in [3.63, 3.8) is 0 Å². The molecule has 7 nitrogen and oxygen atoms in total. The van der Waals surface area contributed by atoms with Crippen molar-refractivity contribution in [3.8, 4) is 0 Å². The zero-order valence-corrected chi connectivity index (χ0v) is 17.6. The predicted octanol–water partition coefficient (Wildman–Crippen LogP) is 2.15. The Morgan fingerprint density at radius 1 is 1.20 bits per heavy atom. The third-order valence-corrected chi connectivity index (χ3v) is 6.85. The second-order valence-electron chi connectivity index (χ2n) is 9.01. The van der Waals surface area contributed by atoms with Crippen molar-refractivity contribution in [1.82, 2.24) is 24.8 Å². The molecule has 4 heterocycles. The molecule has 2 aromatic heterocycles. The Balaban J connectivity index is 1.29. The molecule has 1 N–H and O–H groups in total. The summed E-state index contributed by atoms with van der Waals surface area (Å²) < 4.78 is 0. The molecule has 0 aromatic carbocycles. The molecule has 2 fully saturated rings. The molecule has 0 radical (unpaired) electrons. The molecule has 1 saturated carbocycles. The van der Waals surface area contributed by atoms with Gasteiger partial charge in [0, 0.05) is 42.7 Å². The molecule has 7 heteroatoms. The molecule has 1 unspecified atom stereocenters. The van der Waals surface area contributed by atoms with E-state index in [0.717, 1.165) is 73.8 Å². The van der Waals surface area contributed by atoms with Crippen LogP contribution >= 0.6 is 0 Å². The van der Waals surface area contributed by atoms with E-state index in [0.29, 0.717) is 19.5 Å². The van der Waals surface area contributed by atoms with Gasteiger partial charge in [-0.2, -0.15) is 0 Å². The lowest BCUT2D eigenvalue weighted by Crippen LogP contribution is -2.43. The van der Waals surface area contributed by atoms with E-state index >= 15 is 0 Å². The monoisotopic (exact) mass is 407 g/mol. The van der Waals surface area contributed by atoms with E-state index in [1.807, 2.05) is 24.0 Å². The van der Waals surface area contributed by atoms with Crippen LogP contribution in [0.15, 0.2) is 23.0 Å². The lowest BCUT2D eigenvalue weighted by molar-refractivity contribution is -0.139. The fourth-order valence-corrected chi connectivity index (χ4v) is 4.87. The van der Waals surface area contributed by atoms with Crippen molar-refractivity contribution in [2.24, 2.45) is 5.92 Å². The summed E-state index contributed by atoms with van der Waals surface area (Å²) in [6.45, 7) is 5.77. The van der Waals surface area contributed by atoms with Gasteiger partial charge in [0.25, 0.3) is 5.56 Å². The van der Waals surface area contributed by atoms with E-state index in [1.165, 1.54) is 0 Å². The Hall–Kier alpha value is -2.54. The Morgan fingerprint density at radius 2 is 2.07 bits per heavy atom. The number of aromatic amines is 1. The molecule has 1 saturated heterocycles. The summed E-state index contributed by atoms with van der Waals surface area (Å²) >= 11 is 0. The molecule has 158 valence electrons. The topological polar surface area (TPSA) is 82.2 Å². The van der Waals surface area contributed by atoms with Crippen molar-refractivity contribution in [2.75, 3.05) is 19.6 Å². The number of carbonyl (C=O) groups excluding carboxylic acids is 1. The Morgan fingerprint density at radius 3 is 2.83 bits per heavy atom. The van der Waals surface area contributed by atoms with Gasteiger partial charge in [-0.05, 0) is 51.3 Å². The van der Waals surface area contributed by atoms with Crippen LogP contribution in [0.25, 0.3) is 0 Å². The first-order chi connectivity index (χ1) is 14.6. The van der Waals surface area contributed by atoms with E-state index in [9.17, 15) is 9.59 Å². The summed E-state index contributed by atoms with van der Waals surface area (Å²) in [7, 11) is 0. The van der Waals surface area contributed by atoms with Gasteiger partial charge in [-0.3, -0.25) is 19.5 Å². The van der Waals surface area contributed by atoms with Gasteiger partial charge in [0.2, 0.25) is 5.91 Å². The van der Waals surface area contributed by atoms with E-state index in [4.69, 9.17) is 4.98 Å². The Labute approximate surface area is 176 Å². The number of carbonyl (C=O) groups is 1. The number of H-pyrrole nitrogens is 1. The highest BCUT2D eigenvalue weighted by molar-refractivity contribution is 5.79. The van der Waals surface area contributed by atoms with Crippen LogP contribution in [0.3, 0.4) is 0 Å². The molecule has 3 aliphatic rings. The number of rotatable bonds is 4. The summed E-state index contributed by atoms with van der Waals surface area (Å²) in [6, 6.07) is 6.12. The van der Waals surface area contributed by atoms with Gasteiger partial charge in [0.05, 0.1) is 17.9 Å². The molecule has 1 amide bonds. The fourth-order valence-electron chi connectivity index (χ4n) is 4.87. The number of likely N-dealkylation sites (tertiary alicyclic amines) is 1. The zero-order chi connectivity index (χ0) is 20.7. The smallest absolute Gasteiger partial charge is 0.254 e. The minimum absolute atomic E-state index is 0.0236. The highest BCUT2D eigenvalue weighted by Crippen LogP contribution is 2.30. The third-order valence-electron chi connectivity index (χ3n) is 6.85. The summed E-state index contributed by atoms with van der Waals surface area (Å²) in [5, 5.41) is 0. The number of aromatic nitrogens is 3. The lowest BCUT2D eigenvalue weighted by Gasteiger charge is -2.34. The van der Waals surface area contributed by atoms with E-state index in [1.54, 1.807) is 0 Å². The van der Waals surface area contributed by atoms with Crippen LogP contribution in [-0.4, -0.2) is 50.3 Å². The minimum Gasteiger partial charge on any atom is -0.336 e. The summed E-state index contributed by atoms with van der Waals surface area (Å²) in [5.74, 6) is 1.42. The van der Waals surface area contributed by atoms with E-state index < -0.39 is 0 Å². The highest BCUT2D eigenvalue weighted by Gasteiger charge is 2.33. The van der Waals surface area contributed by atoms with Crippen molar-refractivity contribution in [2.45, 2.75) is 58.0 Å². The first-order valence-electron chi connectivity index (χ1n) is 11.1. The van der Waals surface area contributed by atoms with Crippen molar-refractivity contribution < 1.29 is 4.79 Å². The second-order valence-corrected chi connectivity index (χ2v) is 9.01. The van der Waals surface area contributed by atoms with Crippen LogP contribution in [0.1, 0.15) is 60.1 Å². The predicted molar refractivity (Wildman–Crippen MR) is 113 cm³/mol. The number of amides is 1. The molecule has 2 aromatic rings. The molecule has 1 atom stereocenters. The average molecular weight is 408 g/mol. The molecule has 2 aliphatic heterocycles. The first-order valence-corrected chi connectivity index (χ1v) is 11.1. The zero-order valence-electron chi connectivity index (χ0n) is 17.6. The first kappa shape index (κ1) is 19.4. The average Bonchev–Trinajstić information content (AvgIpc) is 3.14. The van der Waals surface area contributed by atoms with Gasteiger partial charge in [-0.25, -0.2) is 4.98 Å². The van der Waals surface area contributed by atoms with Gasteiger partial charge >= 0.3 is 0 Å². The number of fused-ring (bicyclic) bond motifs is 1. The van der Waals surface area contributed by atoms with E-state index in [-0.39, 0.29) is 23.3 Å². The van der Waals surface area contributed by atoms with Crippen molar-refractivity contribution in [3.05, 3.63) is 57.0 Å². The highest BCUT2D eigenvalue weighted by atomic mass is 16.2. The van der Waals surface area contributed by atoms with Gasteiger partial charge in [-0.1, -0.05) is 12.5 Å². The van der Waals surface area contributed by atoms with Crippen LogP contribution in [0.2, 0.25) is 0 Å². The number of pyridine rings is 1. The van der Waals surface area contributed by atoms with Crippen molar-refractivity contribution >= 4 is 5.91 Å². The maximum atomic E-state index is 12.7.